The molecule has 0 aliphatic rings. The second-order valence-corrected chi connectivity index (χ2v) is 5.42. The van der Waals surface area contributed by atoms with E-state index >= 15 is 0 Å². The molecular formula is C19H23NO3. The first-order valence-corrected chi connectivity index (χ1v) is 8.05. The van der Waals surface area contributed by atoms with Crippen molar-refractivity contribution in [1.29, 1.82) is 0 Å². The van der Waals surface area contributed by atoms with Crippen LogP contribution in [-0.4, -0.2) is 17.7 Å². The molecule has 23 heavy (non-hydrogen) atoms. The highest BCUT2D eigenvalue weighted by Gasteiger charge is 2.09. The lowest BCUT2D eigenvalue weighted by molar-refractivity contribution is 0.200. The topological polar surface area (TPSA) is 58.6 Å². The van der Waals surface area contributed by atoms with E-state index in [1.807, 2.05) is 30.3 Å². The van der Waals surface area contributed by atoms with Gasteiger partial charge in [0.05, 0.1) is 0 Å². The van der Waals surface area contributed by atoms with E-state index < -0.39 is 6.09 Å². The predicted octanol–water partition coefficient (Wildman–Crippen LogP) is 4.73. The number of hydrogen-bond donors (Lipinski definition) is 2. The molecule has 0 aromatic heterocycles. The van der Waals surface area contributed by atoms with Crippen LogP contribution in [0.15, 0.2) is 48.5 Å². The van der Waals surface area contributed by atoms with Gasteiger partial charge in [-0.05, 0) is 30.2 Å². The molecule has 0 atom stereocenters. The van der Waals surface area contributed by atoms with Crippen molar-refractivity contribution in [3.8, 4) is 22.6 Å². The summed E-state index contributed by atoms with van der Waals surface area (Å²) in [5.74, 6) is 0.566. The highest BCUT2D eigenvalue weighted by atomic mass is 16.5. The van der Waals surface area contributed by atoms with Crippen LogP contribution in [0.2, 0.25) is 0 Å². The van der Waals surface area contributed by atoms with Gasteiger partial charge in [-0.2, -0.15) is 0 Å². The summed E-state index contributed by atoms with van der Waals surface area (Å²) in [6.07, 6.45) is 3.93. The third-order valence-electron chi connectivity index (χ3n) is 3.56. The van der Waals surface area contributed by atoms with Crippen LogP contribution in [0.1, 0.15) is 32.6 Å². The summed E-state index contributed by atoms with van der Waals surface area (Å²) < 4.78 is 5.28. The van der Waals surface area contributed by atoms with E-state index in [4.69, 9.17) is 4.74 Å². The molecule has 2 rings (SSSR count). The van der Waals surface area contributed by atoms with Crippen molar-refractivity contribution < 1.29 is 14.6 Å². The van der Waals surface area contributed by atoms with E-state index in [9.17, 15) is 9.90 Å². The highest BCUT2D eigenvalue weighted by molar-refractivity contribution is 5.74. The average molecular weight is 312 g/mol. The largest absolute Gasteiger partial charge is 0.507 e. The number of benzene rings is 2. The number of unbranched alkanes of at least 4 members (excludes halogenated alkanes) is 3. The monoisotopic (exact) mass is 312 g/mol. The maximum Gasteiger partial charge on any atom is 0.412 e. The molecule has 2 aromatic carbocycles. The van der Waals surface area contributed by atoms with E-state index in [1.54, 1.807) is 12.1 Å². The molecule has 0 unspecified atom stereocenters. The molecule has 0 bridgehead atoms. The first kappa shape index (κ1) is 16.9. The fourth-order valence-corrected chi connectivity index (χ4v) is 2.31. The van der Waals surface area contributed by atoms with Crippen molar-refractivity contribution >= 4 is 6.09 Å². The smallest absolute Gasteiger partial charge is 0.412 e. The number of carbonyl (C=O) groups excluding carboxylic acids is 1. The van der Waals surface area contributed by atoms with Gasteiger partial charge in [-0.25, -0.2) is 4.79 Å². The first-order chi connectivity index (χ1) is 11.2. The second-order valence-electron chi connectivity index (χ2n) is 5.42. The Bertz CT molecular complexity index is 626. The number of phenolic OH excluding ortho intramolecular Hbond substituents is 1. The molecule has 2 N–H and O–H groups in total. The van der Waals surface area contributed by atoms with Crippen LogP contribution < -0.4 is 10.1 Å². The van der Waals surface area contributed by atoms with Gasteiger partial charge in [0, 0.05) is 12.1 Å². The standard InChI is InChI=1S/C19H23NO3/c1-2-3-4-8-13-20-19(22)23-16-11-12-18(21)17(14-16)15-9-6-5-7-10-15/h5-7,9-12,14,21H,2-4,8,13H2,1H3,(H,20,22)/i19-1. The molecular weight excluding hydrogens is 289 g/mol. The van der Waals surface area contributed by atoms with Crippen LogP contribution in [-0.2, 0) is 0 Å². The van der Waals surface area contributed by atoms with E-state index in [-0.39, 0.29) is 5.75 Å². The first-order valence-electron chi connectivity index (χ1n) is 8.05. The normalized spacial score (nSPS) is 10.3. The van der Waals surface area contributed by atoms with Gasteiger partial charge in [-0.15, -0.1) is 0 Å². The Morgan fingerprint density at radius 3 is 2.61 bits per heavy atom. The van der Waals surface area contributed by atoms with Gasteiger partial charge in [0.1, 0.15) is 11.5 Å². The average Bonchev–Trinajstić information content (AvgIpc) is 2.57. The molecule has 0 heterocycles. The van der Waals surface area contributed by atoms with Gasteiger partial charge in [0.2, 0.25) is 0 Å². The van der Waals surface area contributed by atoms with Crippen LogP contribution in [0, 0.1) is 0 Å². The highest BCUT2D eigenvalue weighted by Crippen LogP contribution is 2.32. The maximum absolute atomic E-state index is 11.8. The number of nitrogens with one attached hydrogen (secondary N) is 1. The van der Waals surface area contributed by atoms with E-state index in [1.165, 1.54) is 18.9 Å². The molecule has 1 amide bonds. The zero-order chi connectivity index (χ0) is 16.5. The summed E-state index contributed by atoms with van der Waals surface area (Å²) in [5, 5.41) is 12.7. The summed E-state index contributed by atoms with van der Waals surface area (Å²) in [4.78, 5) is 11.8. The number of amides is 1. The zero-order valence-corrected chi connectivity index (χ0v) is 13.4. The Morgan fingerprint density at radius 1 is 1.09 bits per heavy atom. The molecule has 122 valence electrons. The molecule has 4 nitrogen and oxygen atoms in total. The Morgan fingerprint density at radius 2 is 1.87 bits per heavy atom. The second kappa shape index (κ2) is 8.83. The molecule has 0 aliphatic carbocycles. The Kier molecular flexibility index (Phi) is 6.48. The summed E-state index contributed by atoms with van der Waals surface area (Å²) >= 11 is 0. The fraction of sp³-hybridized carbons (Fsp3) is 0.316. The van der Waals surface area contributed by atoms with Crippen molar-refractivity contribution in [3.63, 3.8) is 0 Å². The van der Waals surface area contributed by atoms with Crippen LogP contribution in [0.25, 0.3) is 11.1 Å². The van der Waals surface area contributed by atoms with Crippen molar-refractivity contribution in [1.82, 2.24) is 5.32 Å². The Hall–Kier alpha value is -2.49. The van der Waals surface area contributed by atoms with Gasteiger partial charge in [0.25, 0.3) is 0 Å². The molecule has 2 aromatic rings. The SMILES string of the molecule is CCCCCCN[11C](=O)Oc1ccc(O)c(-c2ccccc2)c1. The fourth-order valence-electron chi connectivity index (χ4n) is 2.31. The number of rotatable bonds is 7. The minimum atomic E-state index is -0.466. The third kappa shape index (κ3) is 5.33. The zero-order valence-electron chi connectivity index (χ0n) is 13.4. The number of aromatic hydroxyl groups is 1. The Balaban J connectivity index is 1.94. The summed E-state index contributed by atoms with van der Waals surface area (Å²) in [6.45, 7) is 2.76. The number of ether oxygens (including phenoxy) is 1. The van der Waals surface area contributed by atoms with Gasteiger partial charge < -0.3 is 15.2 Å². The van der Waals surface area contributed by atoms with Crippen LogP contribution in [0.5, 0.6) is 11.5 Å². The van der Waals surface area contributed by atoms with Crippen molar-refractivity contribution in [3.05, 3.63) is 48.5 Å². The molecule has 0 aliphatic heterocycles. The van der Waals surface area contributed by atoms with E-state index in [2.05, 4.69) is 12.2 Å². The van der Waals surface area contributed by atoms with Gasteiger partial charge in [-0.3, -0.25) is 0 Å². The van der Waals surface area contributed by atoms with Crippen LogP contribution in [0.4, 0.5) is 4.79 Å². The predicted molar refractivity (Wildman–Crippen MR) is 91.7 cm³/mol. The van der Waals surface area contributed by atoms with Crippen molar-refractivity contribution in [2.24, 2.45) is 0 Å². The van der Waals surface area contributed by atoms with Crippen molar-refractivity contribution in [2.45, 2.75) is 32.6 Å². The van der Waals surface area contributed by atoms with E-state index in [0.29, 0.717) is 17.9 Å². The van der Waals surface area contributed by atoms with Gasteiger partial charge in [0.15, 0.2) is 0 Å². The summed E-state index contributed by atoms with van der Waals surface area (Å²) in [7, 11) is 0. The molecule has 0 saturated heterocycles. The Labute approximate surface area is 137 Å². The van der Waals surface area contributed by atoms with Gasteiger partial charge >= 0.3 is 6.09 Å². The molecule has 4 heteroatoms. The third-order valence-corrected chi connectivity index (χ3v) is 3.56. The maximum atomic E-state index is 11.8. The quantitative estimate of drug-likeness (QED) is 0.727. The minimum Gasteiger partial charge on any atom is -0.507 e. The lowest BCUT2D eigenvalue weighted by Gasteiger charge is -2.09. The molecule has 0 fully saturated rings. The lowest BCUT2D eigenvalue weighted by Crippen LogP contribution is -2.27. The van der Waals surface area contributed by atoms with E-state index in [0.717, 1.165) is 18.4 Å². The summed E-state index contributed by atoms with van der Waals surface area (Å²) in [5.41, 5.74) is 1.51. The number of hydrogen-bond acceptors (Lipinski definition) is 3. The van der Waals surface area contributed by atoms with Crippen LogP contribution in [0.3, 0.4) is 0 Å². The van der Waals surface area contributed by atoms with Gasteiger partial charge in [-0.1, -0.05) is 56.5 Å². The number of carbonyl (C=O) groups is 1. The lowest BCUT2D eigenvalue weighted by atomic mass is 10.0. The molecule has 0 radical (unpaired) electrons. The molecule has 0 saturated carbocycles. The van der Waals surface area contributed by atoms with Crippen LogP contribution >= 0.6 is 0 Å². The summed E-state index contributed by atoms with van der Waals surface area (Å²) in [6, 6.07) is 14.3. The molecule has 0 spiro atoms. The van der Waals surface area contributed by atoms with Crippen molar-refractivity contribution in [2.75, 3.05) is 6.54 Å². The number of phenols is 1. The minimum absolute atomic E-state index is 0.156.